The monoisotopic (exact) mass is 407 g/mol. The number of nitrogens with one attached hydrogen (secondary N) is 2. The summed E-state index contributed by atoms with van der Waals surface area (Å²) in [7, 11) is -2.25. The van der Waals surface area contributed by atoms with Crippen LogP contribution in [0, 0.1) is 17.7 Å². The Bertz CT molecular complexity index is 715. The van der Waals surface area contributed by atoms with Crippen molar-refractivity contribution in [3.05, 3.63) is 30.1 Å². The number of benzene rings is 1. The van der Waals surface area contributed by atoms with Gasteiger partial charge in [0.05, 0.1) is 0 Å². The number of hydrogen-bond donors (Lipinski definition) is 2. The summed E-state index contributed by atoms with van der Waals surface area (Å²) < 4.78 is 41.3. The molecule has 2 unspecified atom stereocenters. The second-order valence-electron chi connectivity index (χ2n) is 6.77. The van der Waals surface area contributed by atoms with Crippen molar-refractivity contribution in [2.45, 2.75) is 31.2 Å². The van der Waals surface area contributed by atoms with E-state index < -0.39 is 26.8 Å². The van der Waals surface area contributed by atoms with Crippen LogP contribution in [0.1, 0.15) is 20.3 Å². The maximum absolute atomic E-state index is 13.9. The fraction of sp³-hybridized carbons (Fsp3) is 0.588. The van der Waals surface area contributed by atoms with E-state index in [2.05, 4.69) is 10.0 Å². The van der Waals surface area contributed by atoms with Crippen LogP contribution in [0.2, 0.25) is 0 Å². The van der Waals surface area contributed by atoms with Crippen LogP contribution in [0.3, 0.4) is 0 Å². The predicted octanol–water partition coefficient (Wildman–Crippen LogP) is 1.62. The minimum atomic E-state index is -4.12. The van der Waals surface area contributed by atoms with E-state index in [4.69, 9.17) is 0 Å². The highest BCUT2D eigenvalue weighted by Gasteiger charge is 2.35. The van der Waals surface area contributed by atoms with Crippen molar-refractivity contribution in [3.8, 4) is 0 Å². The minimum Gasteiger partial charge on any atom is -0.341 e. The lowest BCUT2D eigenvalue weighted by atomic mass is 10.0. The quantitative estimate of drug-likeness (QED) is 0.719. The molecule has 0 bridgehead atoms. The molecule has 1 fully saturated rings. The van der Waals surface area contributed by atoms with Gasteiger partial charge in [-0.2, -0.15) is 4.72 Å². The van der Waals surface area contributed by atoms with E-state index in [1.807, 2.05) is 7.05 Å². The van der Waals surface area contributed by atoms with Crippen LogP contribution in [0.15, 0.2) is 29.2 Å². The van der Waals surface area contributed by atoms with Gasteiger partial charge in [-0.3, -0.25) is 4.79 Å². The molecule has 0 saturated carbocycles. The van der Waals surface area contributed by atoms with Crippen LogP contribution in [0.5, 0.6) is 0 Å². The smallest absolute Gasteiger partial charge is 0.244 e. The maximum atomic E-state index is 13.9. The van der Waals surface area contributed by atoms with Gasteiger partial charge < -0.3 is 10.2 Å². The second kappa shape index (κ2) is 9.64. The van der Waals surface area contributed by atoms with Gasteiger partial charge in [0.1, 0.15) is 16.8 Å². The molecule has 1 heterocycles. The number of nitrogens with zero attached hydrogens (tertiary/aromatic N) is 1. The number of hydrogen-bond acceptors (Lipinski definition) is 4. The van der Waals surface area contributed by atoms with Crippen LogP contribution in [-0.2, 0) is 14.8 Å². The highest BCUT2D eigenvalue weighted by atomic mass is 35.5. The van der Waals surface area contributed by atoms with E-state index in [9.17, 15) is 17.6 Å². The third-order valence-electron chi connectivity index (χ3n) is 4.43. The highest BCUT2D eigenvalue weighted by molar-refractivity contribution is 7.89. The summed E-state index contributed by atoms with van der Waals surface area (Å²) in [4.78, 5) is 14.1. The van der Waals surface area contributed by atoms with Crippen molar-refractivity contribution >= 4 is 28.3 Å². The molecule has 148 valence electrons. The van der Waals surface area contributed by atoms with E-state index in [0.29, 0.717) is 19.0 Å². The van der Waals surface area contributed by atoms with Gasteiger partial charge in [-0.25, -0.2) is 12.8 Å². The van der Waals surface area contributed by atoms with Gasteiger partial charge in [-0.15, -0.1) is 12.4 Å². The Balaban J connectivity index is 0.00000338. The zero-order valence-corrected chi connectivity index (χ0v) is 16.9. The third kappa shape index (κ3) is 5.39. The number of amides is 1. The molecule has 0 aliphatic carbocycles. The van der Waals surface area contributed by atoms with Crippen molar-refractivity contribution in [2.24, 2.45) is 11.8 Å². The van der Waals surface area contributed by atoms with Crippen LogP contribution in [0.25, 0.3) is 0 Å². The summed E-state index contributed by atoms with van der Waals surface area (Å²) in [5, 5.41) is 3.10. The Morgan fingerprint density at radius 2 is 2.00 bits per heavy atom. The van der Waals surface area contributed by atoms with Crippen LogP contribution in [0.4, 0.5) is 4.39 Å². The second-order valence-corrected chi connectivity index (χ2v) is 8.45. The molecule has 1 amide bonds. The van der Waals surface area contributed by atoms with Gasteiger partial charge in [0.2, 0.25) is 15.9 Å². The first-order valence-corrected chi connectivity index (χ1v) is 9.94. The Labute approximate surface area is 161 Å². The van der Waals surface area contributed by atoms with Gasteiger partial charge in [0.25, 0.3) is 0 Å². The Morgan fingerprint density at radius 3 is 2.58 bits per heavy atom. The Hall–Kier alpha value is -1.22. The van der Waals surface area contributed by atoms with E-state index in [0.717, 1.165) is 19.0 Å². The van der Waals surface area contributed by atoms with Gasteiger partial charge in [-0.05, 0) is 44.0 Å². The molecule has 9 heteroatoms. The average Bonchev–Trinajstić information content (AvgIpc) is 3.01. The summed E-state index contributed by atoms with van der Waals surface area (Å²) in [6.45, 7) is 5.57. The predicted molar refractivity (Wildman–Crippen MR) is 101 cm³/mol. The van der Waals surface area contributed by atoms with Crippen molar-refractivity contribution in [1.82, 2.24) is 14.9 Å². The molecule has 26 heavy (non-hydrogen) atoms. The molecule has 1 aliphatic heterocycles. The first-order chi connectivity index (χ1) is 11.8. The Kier molecular flexibility index (Phi) is 8.46. The summed E-state index contributed by atoms with van der Waals surface area (Å²) in [5.74, 6) is -0.976. The minimum absolute atomic E-state index is 0. The third-order valence-corrected chi connectivity index (χ3v) is 5.91. The van der Waals surface area contributed by atoms with Crippen LogP contribution in [-0.4, -0.2) is 51.9 Å². The first-order valence-electron chi connectivity index (χ1n) is 8.46. The fourth-order valence-electron chi connectivity index (χ4n) is 3.05. The lowest BCUT2D eigenvalue weighted by Crippen LogP contribution is -2.50. The zero-order valence-electron chi connectivity index (χ0n) is 15.2. The molecule has 1 aromatic carbocycles. The standard InChI is InChI=1S/C17H26FN3O3S.ClH/c1-12(2)16(17(22)21-9-8-13(11-21)10-19-3)20-25(23,24)15-7-5-4-6-14(15)18;/h4-7,12-13,16,19-20H,8-11H2,1-3H3;1H. The van der Waals surface area contributed by atoms with Crippen LogP contribution >= 0.6 is 12.4 Å². The van der Waals surface area contributed by atoms with Crippen molar-refractivity contribution in [1.29, 1.82) is 0 Å². The molecule has 6 nitrogen and oxygen atoms in total. The van der Waals surface area contributed by atoms with Crippen molar-refractivity contribution in [3.63, 3.8) is 0 Å². The number of sulfonamides is 1. The van der Waals surface area contributed by atoms with Gasteiger partial charge in [0, 0.05) is 13.1 Å². The molecule has 0 radical (unpaired) electrons. The van der Waals surface area contributed by atoms with E-state index in [-0.39, 0.29) is 24.2 Å². The topological polar surface area (TPSA) is 78.5 Å². The molecule has 1 saturated heterocycles. The molecule has 1 aliphatic rings. The van der Waals surface area contributed by atoms with Gasteiger partial charge in [-0.1, -0.05) is 26.0 Å². The van der Waals surface area contributed by atoms with Crippen molar-refractivity contribution in [2.75, 3.05) is 26.7 Å². The van der Waals surface area contributed by atoms with E-state index in [1.165, 1.54) is 18.2 Å². The molecule has 2 atom stereocenters. The van der Waals surface area contributed by atoms with Crippen LogP contribution < -0.4 is 10.0 Å². The van der Waals surface area contributed by atoms with E-state index in [1.54, 1.807) is 18.7 Å². The normalized spacial score (nSPS) is 18.7. The molecule has 0 spiro atoms. The van der Waals surface area contributed by atoms with Gasteiger partial charge >= 0.3 is 0 Å². The summed E-state index contributed by atoms with van der Waals surface area (Å²) >= 11 is 0. The average molecular weight is 408 g/mol. The highest BCUT2D eigenvalue weighted by Crippen LogP contribution is 2.20. The maximum Gasteiger partial charge on any atom is 0.244 e. The lowest BCUT2D eigenvalue weighted by Gasteiger charge is -2.27. The molecule has 2 rings (SSSR count). The number of halogens is 2. The number of carbonyl (C=O) groups excluding carboxylic acids is 1. The zero-order chi connectivity index (χ0) is 18.6. The Morgan fingerprint density at radius 1 is 1.35 bits per heavy atom. The lowest BCUT2D eigenvalue weighted by molar-refractivity contribution is -0.133. The molecule has 2 N–H and O–H groups in total. The molecule has 0 aromatic heterocycles. The fourth-order valence-corrected chi connectivity index (χ4v) is 4.47. The molecule has 1 aromatic rings. The number of carbonyl (C=O) groups is 1. The van der Waals surface area contributed by atoms with Crippen molar-refractivity contribution < 1.29 is 17.6 Å². The van der Waals surface area contributed by atoms with E-state index >= 15 is 0 Å². The number of likely N-dealkylation sites (tertiary alicyclic amines) is 1. The number of rotatable bonds is 7. The summed E-state index contributed by atoms with van der Waals surface area (Å²) in [6, 6.07) is 4.23. The molecular weight excluding hydrogens is 381 g/mol. The van der Waals surface area contributed by atoms with Gasteiger partial charge in [0.15, 0.2) is 0 Å². The molecular formula is C17H27ClFN3O3S. The largest absolute Gasteiger partial charge is 0.341 e. The summed E-state index contributed by atoms with van der Waals surface area (Å²) in [6.07, 6.45) is 0.886. The summed E-state index contributed by atoms with van der Waals surface area (Å²) in [5.41, 5.74) is 0. The SMILES string of the molecule is CNCC1CCN(C(=O)C(NS(=O)(=O)c2ccccc2F)C(C)C)C1.Cl. The first kappa shape index (κ1) is 22.8.